The minimum atomic E-state index is 0.828. The number of allylic oxidation sites excluding steroid dienone is 5. The van der Waals surface area contributed by atoms with Crippen LogP contribution in [0.1, 0.15) is 59.8 Å². The second-order valence-corrected chi connectivity index (χ2v) is 5.24. The Morgan fingerprint density at radius 1 is 0.778 bits per heavy atom. The predicted octanol–water partition coefficient (Wildman–Crippen LogP) is 5.44. The van der Waals surface area contributed by atoms with Crippen molar-refractivity contribution in [1.82, 2.24) is 0 Å². The summed E-state index contributed by atoms with van der Waals surface area (Å²) in [4.78, 5) is 0. The van der Waals surface area contributed by atoms with Crippen molar-refractivity contribution in [3.05, 3.63) is 34.9 Å². The molecule has 0 aliphatic heterocycles. The summed E-state index contributed by atoms with van der Waals surface area (Å²) in [6.07, 6.45) is 12.7. The van der Waals surface area contributed by atoms with Gasteiger partial charge in [-0.15, -0.1) is 0 Å². The van der Waals surface area contributed by atoms with Crippen LogP contribution in [0.5, 0.6) is 0 Å². The number of rotatable bonds is 9. The molecule has 0 N–H and O–H groups in total. The molecule has 0 fully saturated rings. The number of hydrogen-bond acceptors (Lipinski definition) is 1. The zero-order valence-electron chi connectivity index (χ0n) is 12.9. The van der Waals surface area contributed by atoms with Crippen LogP contribution >= 0.6 is 0 Å². The Hall–Kier alpha value is -0.820. The highest BCUT2D eigenvalue weighted by Gasteiger charge is 1.92. The molecule has 0 amide bonds. The minimum Gasteiger partial charge on any atom is -0.384 e. The largest absolute Gasteiger partial charge is 0.384 e. The summed E-state index contributed by atoms with van der Waals surface area (Å²) >= 11 is 0. The number of ether oxygens (including phenoxy) is 1. The smallest absolute Gasteiger partial charge is 0.0496 e. The Kier molecular flexibility index (Phi) is 10.8. The zero-order chi connectivity index (χ0) is 13.8. The van der Waals surface area contributed by atoms with Crippen LogP contribution in [0.4, 0.5) is 0 Å². The highest BCUT2D eigenvalue weighted by atomic mass is 16.5. The molecule has 0 atom stereocenters. The molecular weight excluding hydrogens is 220 g/mol. The van der Waals surface area contributed by atoms with Gasteiger partial charge in [-0.25, -0.2) is 0 Å². The highest BCUT2D eigenvalue weighted by Crippen LogP contribution is 2.11. The molecule has 0 heterocycles. The third-order valence-electron chi connectivity index (χ3n) is 2.94. The van der Waals surface area contributed by atoms with Gasteiger partial charge in [-0.05, 0) is 59.8 Å². The van der Waals surface area contributed by atoms with Crippen LogP contribution < -0.4 is 0 Å². The normalized spacial score (nSPS) is 12.7. The van der Waals surface area contributed by atoms with Crippen molar-refractivity contribution in [2.75, 3.05) is 13.7 Å². The average molecular weight is 250 g/mol. The van der Waals surface area contributed by atoms with E-state index in [9.17, 15) is 0 Å². The van der Waals surface area contributed by atoms with Crippen LogP contribution in [0, 0.1) is 0 Å². The summed E-state index contributed by atoms with van der Waals surface area (Å²) in [6.45, 7) is 9.60. The number of hydrogen-bond donors (Lipinski definition) is 0. The van der Waals surface area contributed by atoms with Crippen molar-refractivity contribution in [2.45, 2.75) is 59.8 Å². The van der Waals surface area contributed by atoms with Crippen molar-refractivity contribution >= 4 is 0 Å². The van der Waals surface area contributed by atoms with Gasteiger partial charge >= 0.3 is 0 Å². The molecule has 0 unspecified atom stereocenters. The van der Waals surface area contributed by atoms with Gasteiger partial charge in [0.1, 0.15) is 0 Å². The van der Waals surface area contributed by atoms with E-state index in [1.807, 2.05) is 0 Å². The van der Waals surface area contributed by atoms with E-state index < -0.39 is 0 Å². The van der Waals surface area contributed by atoms with Crippen LogP contribution in [-0.2, 0) is 4.74 Å². The van der Waals surface area contributed by atoms with Crippen molar-refractivity contribution in [2.24, 2.45) is 0 Å². The molecule has 104 valence electrons. The minimum absolute atomic E-state index is 0.828. The van der Waals surface area contributed by atoms with Gasteiger partial charge in [0, 0.05) is 13.7 Å². The Morgan fingerprint density at radius 3 is 1.78 bits per heavy atom. The van der Waals surface area contributed by atoms with E-state index in [1.165, 1.54) is 36.0 Å². The molecule has 0 saturated carbocycles. The monoisotopic (exact) mass is 250 g/mol. The summed E-state index contributed by atoms with van der Waals surface area (Å²) in [5, 5.41) is 0. The highest BCUT2D eigenvalue weighted by molar-refractivity contribution is 5.05. The second kappa shape index (κ2) is 11.3. The fourth-order valence-corrected chi connectivity index (χ4v) is 1.76. The first-order valence-electron chi connectivity index (χ1n) is 6.99. The van der Waals surface area contributed by atoms with Gasteiger partial charge < -0.3 is 4.74 Å². The molecule has 0 radical (unpaired) electrons. The molecular formula is C17H30O. The van der Waals surface area contributed by atoms with E-state index in [0.29, 0.717) is 0 Å². The lowest BCUT2D eigenvalue weighted by Crippen LogP contribution is -1.86. The lowest BCUT2D eigenvalue weighted by atomic mass is 10.1. The summed E-state index contributed by atoms with van der Waals surface area (Å²) in [7, 11) is 1.75. The van der Waals surface area contributed by atoms with E-state index in [4.69, 9.17) is 4.74 Å². The molecule has 0 aliphatic carbocycles. The maximum atomic E-state index is 5.04. The van der Waals surface area contributed by atoms with Crippen molar-refractivity contribution in [3.63, 3.8) is 0 Å². The van der Waals surface area contributed by atoms with Crippen LogP contribution in [0.3, 0.4) is 0 Å². The molecule has 0 rings (SSSR count). The molecule has 1 nitrogen and oxygen atoms in total. The molecule has 0 spiro atoms. The van der Waals surface area contributed by atoms with E-state index in [0.717, 1.165) is 19.4 Å². The maximum absolute atomic E-state index is 5.04. The van der Waals surface area contributed by atoms with Gasteiger partial charge in [0.15, 0.2) is 0 Å². The first-order chi connectivity index (χ1) is 8.56. The SMILES string of the molecule is COCC/C=C(\C)CC/C=C(\C)CCC=C(C)C. The summed E-state index contributed by atoms with van der Waals surface area (Å²) in [6, 6.07) is 0. The molecule has 0 aromatic heterocycles. The maximum Gasteiger partial charge on any atom is 0.0496 e. The first-order valence-corrected chi connectivity index (χ1v) is 6.99. The van der Waals surface area contributed by atoms with Gasteiger partial charge in [-0.3, -0.25) is 0 Å². The predicted molar refractivity (Wildman–Crippen MR) is 81.9 cm³/mol. The summed E-state index contributed by atoms with van der Waals surface area (Å²) in [5.74, 6) is 0. The Bertz CT molecular complexity index is 291. The first kappa shape index (κ1) is 17.2. The fourth-order valence-electron chi connectivity index (χ4n) is 1.76. The second-order valence-electron chi connectivity index (χ2n) is 5.24. The Morgan fingerprint density at radius 2 is 1.28 bits per heavy atom. The van der Waals surface area contributed by atoms with Gasteiger partial charge in [0.2, 0.25) is 0 Å². The van der Waals surface area contributed by atoms with E-state index in [1.54, 1.807) is 7.11 Å². The number of methoxy groups -OCH3 is 1. The quantitative estimate of drug-likeness (QED) is 0.391. The Labute approximate surface area is 114 Å². The molecule has 18 heavy (non-hydrogen) atoms. The lowest BCUT2D eigenvalue weighted by molar-refractivity contribution is 0.204. The van der Waals surface area contributed by atoms with Crippen LogP contribution in [0.2, 0.25) is 0 Å². The van der Waals surface area contributed by atoms with E-state index in [-0.39, 0.29) is 0 Å². The van der Waals surface area contributed by atoms with Crippen LogP contribution in [0.25, 0.3) is 0 Å². The standard InChI is InChI=1S/C17H30O/c1-15(2)9-6-10-16(3)11-7-12-17(4)13-8-14-18-5/h9,11,13H,6-8,10,12,14H2,1-5H3/b16-11+,17-13+. The van der Waals surface area contributed by atoms with Crippen LogP contribution in [-0.4, -0.2) is 13.7 Å². The van der Waals surface area contributed by atoms with E-state index in [2.05, 4.69) is 45.9 Å². The van der Waals surface area contributed by atoms with Crippen molar-refractivity contribution < 1.29 is 4.74 Å². The van der Waals surface area contributed by atoms with Crippen molar-refractivity contribution in [1.29, 1.82) is 0 Å². The summed E-state index contributed by atoms with van der Waals surface area (Å²) < 4.78 is 5.04. The third-order valence-corrected chi connectivity index (χ3v) is 2.94. The molecule has 0 aliphatic rings. The zero-order valence-corrected chi connectivity index (χ0v) is 12.9. The molecule has 0 aromatic rings. The van der Waals surface area contributed by atoms with Gasteiger partial charge in [0.05, 0.1) is 0 Å². The van der Waals surface area contributed by atoms with Gasteiger partial charge in [-0.1, -0.05) is 34.9 Å². The van der Waals surface area contributed by atoms with Gasteiger partial charge in [-0.2, -0.15) is 0 Å². The fraction of sp³-hybridized carbons (Fsp3) is 0.647. The lowest BCUT2D eigenvalue weighted by Gasteiger charge is -2.01. The molecule has 0 bridgehead atoms. The molecule has 1 heteroatoms. The molecule has 0 saturated heterocycles. The third kappa shape index (κ3) is 11.7. The van der Waals surface area contributed by atoms with Crippen LogP contribution in [0.15, 0.2) is 34.9 Å². The van der Waals surface area contributed by atoms with Gasteiger partial charge in [0.25, 0.3) is 0 Å². The van der Waals surface area contributed by atoms with Crippen molar-refractivity contribution in [3.8, 4) is 0 Å². The topological polar surface area (TPSA) is 9.23 Å². The summed E-state index contributed by atoms with van der Waals surface area (Å²) in [5.41, 5.74) is 4.40. The average Bonchev–Trinajstić information content (AvgIpc) is 2.29. The van der Waals surface area contributed by atoms with E-state index >= 15 is 0 Å². The Balaban J connectivity index is 3.79. The molecule has 0 aromatic carbocycles.